The van der Waals surface area contributed by atoms with E-state index in [4.69, 9.17) is 22.1 Å². The van der Waals surface area contributed by atoms with Gasteiger partial charge in [-0.25, -0.2) is 0 Å². The van der Waals surface area contributed by atoms with Crippen LogP contribution in [0.5, 0.6) is 0 Å². The van der Waals surface area contributed by atoms with Gasteiger partial charge in [0.25, 0.3) is 0 Å². The zero-order valence-electron chi connectivity index (χ0n) is 12.7. The smallest absolute Gasteiger partial charge is 0.395 e. The number of hydrogen-bond donors (Lipinski definition) is 0. The van der Waals surface area contributed by atoms with E-state index in [1.807, 2.05) is 13.8 Å². The van der Waals surface area contributed by atoms with Crippen LogP contribution in [0.2, 0.25) is 13.1 Å². The molecule has 0 rings (SSSR count). The van der Waals surface area contributed by atoms with Gasteiger partial charge in [-0.15, -0.1) is 0 Å². The molecule has 0 fully saturated rings. The lowest BCUT2D eigenvalue weighted by Crippen LogP contribution is -2.40. The Hall–Kier alpha value is -0.0262. The summed E-state index contributed by atoms with van der Waals surface area (Å²) in [5.74, 6) is 0. The third-order valence-corrected chi connectivity index (χ3v) is 6.26. The van der Waals surface area contributed by atoms with Crippen LogP contribution in [-0.2, 0) is 22.1 Å². The van der Waals surface area contributed by atoms with Gasteiger partial charge >= 0.3 is 17.4 Å². The van der Waals surface area contributed by atoms with E-state index >= 15 is 0 Å². The predicted molar refractivity (Wildman–Crippen MR) is 77.7 cm³/mol. The number of rotatable bonds is 8. The number of hydrogen-bond acceptors (Lipinski definition) is 5. The third kappa shape index (κ3) is 8.98. The van der Waals surface area contributed by atoms with Crippen LogP contribution < -0.4 is 0 Å². The van der Waals surface area contributed by atoms with Gasteiger partial charge in [0.05, 0.1) is 0 Å². The average Bonchev–Trinajstić information content (AvgIpc) is 2.33. The van der Waals surface area contributed by atoms with Crippen LogP contribution in [-0.4, -0.2) is 51.9 Å². The Morgan fingerprint density at radius 3 is 1.33 bits per heavy atom. The predicted octanol–water partition coefficient (Wildman–Crippen LogP) is 2.35. The Bertz CT molecular complexity index is 191. The lowest BCUT2D eigenvalue weighted by molar-refractivity contribution is 0.138. The standard InChI is InChI=1S/C6H16O2Si.C5H12O3Si/c1-5-7-9(3,4)8-6-2;1-5-9(6-2,7-3)8-4/h5-6H2,1-4H3;5H,1H2,2-4H3. The summed E-state index contributed by atoms with van der Waals surface area (Å²) >= 11 is 0. The highest BCUT2D eigenvalue weighted by Gasteiger charge is 2.33. The Kier molecular flexibility index (Phi) is 12.2. The van der Waals surface area contributed by atoms with E-state index in [9.17, 15) is 0 Å². The van der Waals surface area contributed by atoms with Crippen molar-refractivity contribution < 1.29 is 22.1 Å². The zero-order chi connectivity index (χ0) is 14.7. The molecular formula is C11H28O5Si2. The molecule has 0 heterocycles. The second-order valence-electron chi connectivity index (χ2n) is 3.69. The summed E-state index contributed by atoms with van der Waals surface area (Å²) < 4.78 is 25.7. The molecular weight excluding hydrogens is 268 g/mol. The van der Waals surface area contributed by atoms with Crippen LogP contribution in [0.3, 0.4) is 0 Å². The largest absolute Gasteiger partial charge is 0.528 e. The van der Waals surface area contributed by atoms with Crippen LogP contribution in [0.25, 0.3) is 0 Å². The molecule has 0 aliphatic rings. The van der Waals surface area contributed by atoms with Crippen molar-refractivity contribution in [2.24, 2.45) is 0 Å². The van der Waals surface area contributed by atoms with E-state index < -0.39 is 17.4 Å². The molecule has 0 atom stereocenters. The molecule has 0 spiro atoms. The molecule has 7 heteroatoms. The Morgan fingerprint density at radius 1 is 0.889 bits per heavy atom. The lowest BCUT2D eigenvalue weighted by Gasteiger charge is -2.20. The summed E-state index contributed by atoms with van der Waals surface area (Å²) in [5.41, 5.74) is 1.58. The van der Waals surface area contributed by atoms with Crippen LogP contribution in [0.4, 0.5) is 0 Å². The summed E-state index contributed by atoms with van der Waals surface area (Å²) in [6.07, 6.45) is 0. The highest BCUT2D eigenvalue weighted by molar-refractivity contribution is 6.66. The van der Waals surface area contributed by atoms with Crippen molar-refractivity contribution in [1.82, 2.24) is 0 Å². The van der Waals surface area contributed by atoms with Crippen LogP contribution in [0, 0.1) is 0 Å². The molecule has 0 radical (unpaired) electrons. The normalized spacial score (nSPS) is 11.7. The first kappa shape index (κ1) is 20.3. The van der Waals surface area contributed by atoms with E-state index in [1.54, 1.807) is 27.0 Å². The minimum atomic E-state index is -2.43. The zero-order valence-corrected chi connectivity index (χ0v) is 14.7. The molecule has 0 saturated heterocycles. The Labute approximate surface area is 114 Å². The van der Waals surface area contributed by atoms with Gasteiger partial charge in [0, 0.05) is 34.5 Å². The van der Waals surface area contributed by atoms with Crippen molar-refractivity contribution in [3.05, 3.63) is 12.3 Å². The van der Waals surface area contributed by atoms with Gasteiger partial charge in [0.15, 0.2) is 0 Å². The molecule has 0 aromatic carbocycles. The molecule has 0 bridgehead atoms. The van der Waals surface area contributed by atoms with Gasteiger partial charge in [-0.3, -0.25) is 0 Å². The minimum absolute atomic E-state index is 0.763. The van der Waals surface area contributed by atoms with Gasteiger partial charge in [0.1, 0.15) is 0 Å². The summed E-state index contributed by atoms with van der Waals surface area (Å²) in [6.45, 7) is 13.2. The molecule has 0 saturated carbocycles. The fraction of sp³-hybridized carbons (Fsp3) is 0.818. The molecule has 0 unspecified atom stereocenters. The van der Waals surface area contributed by atoms with Gasteiger partial charge in [-0.2, -0.15) is 0 Å². The van der Waals surface area contributed by atoms with E-state index in [0.717, 1.165) is 13.2 Å². The summed E-state index contributed by atoms with van der Waals surface area (Å²) in [4.78, 5) is 0. The van der Waals surface area contributed by atoms with Gasteiger partial charge in [0.2, 0.25) is 0 Å². The first-order valence-electron chi connectivity index (χ1n) is 5.93. The molecule has 18 heavy (non-hydrogen) atoms. The summed E-state index contributed by atoms with van der Waals surface area (Å²) in [5, 5.41) is 0. The third-order valence-electron chi connectivity index (χ3n) is 2.09. The molecule has 5 nitrogen and oxygen atoms in total. The highest BCUT2D eigenvalue weighted by Crippen LogP contribution is 2.05. The maximum atomic E-state index is 5.39. The first-order chi connectivity index (χ1) is 8.36. The maximum absolute atomic E-state index is 5.39. The molecule has 0 aliphatic heterocycles. The lowest BCUT2D eigenvalue weighted by atomic mass is 10.9. The quantitative estimate of drug-likeness (QED) is 0.643. The first-order valence-corrected chi connectivity index (χ1v) is 10.6. The van der Waals surface area contributed by atoms with Crippen molar-refractivity contribution in [2.75, 3.05) is 34.5 Å². The fourth-order valence-electron chi connectivity index (χ4n) is 1.24. The summed E-state index contributed by atoms with van der Waals surface area (Å²) in [6, 6.07) is 0. The second kappa shape index (κ2) is 10.9. The topological polar surface area (TPSA) is 46.2 Å². The Balaban J connectivity index is 0. The Morgan fingerprint density at radius 2 is 1.22 bits per heavy atom. The van der Waals surface area contributed by atoms with Crippen LogP contribution in [0.1, 0.15) is 13.8 Å². The monoisotopic (exact) mass is 296 g/mol. The van der Waals surface area contributed by atoms with Gasteiger partial charge in [-0.05, 0) is 32.6 Å². The maximum Gasteiger partial charge on any atom is 0.528 e. The average molecular weight is 297 g/mol. The minimum Gasteiger partial charge on any atom is -0.395 e. The van der Waals surface area contributed by atoms with E-state index in [1.165, 1.54) is 0 Å². The van der Waals surface area contributed by atoms with Crippen molar-refractivity contribution in [3.63, 3.8) is 0 Å². The molecule has 110 valence electrons. The van der Waals surface area contributed by atoms with E-state index in [0.29, 0.717) is 0 Å². The summed E-state index contributed by atoms with van der Waals surface area (Å²) in [7, 11) is 0.497. The van der Waals surface area contributed by atoms with Crippen molar-refractivity contribution in [3.8, 4) is 0 Å². The SMILES string of the molecule is C=C[Si](OC)(OC)OC.CCO[Si](C)(C)OCC. The van der Waals surface area contributed by atoms with Crippen molar-refractivity contribution in [1.29, 1.82) is 0 Å². The van der Waals surface area contributed by atoms with Crippen molar-refractivity contribution >= 4 is 17.4 Å². The molecule has 0 aliphatic carbocycles. The van der Waals surface area contributed by atoms with Crippen molar-refractivity contribution in [2.45, 2.75) is 26.9 Å². The molecule has 0 aromatic rings. The van der Waals surface area contributed by atoms with Gasteiger partial charge < -0.3 is 22.1 Å². The fourth-order valence-corrected chi connectivity index (χ4v) is 3.71. The van der Waals surface area contributed by atoms with Crippen LogP contribution >= 0.6 is 0 Å². The second-order valence-corrected chi connectivity index (χ2v) is 9.90. The van der Waals surface area contributed by atoms with E-state index in [2.05, 4.69) is 19.7 Å². The van der Waals surface area contributed by atoms with Gasteiger partial charge in [-0.1, -0.05) is 6.58 Å². The molecule has 0 aromatic heterocycles. The molecule has 0 N–H and O–H groups in total. The molecule has 0 amide bonds. The van der Waals surface area contributed by atoms with E-state index in [-0.39, 0.29) is 0 Å². The van der Waals surface area contributed by atoms with Crippen LogP contribution in [0.15, 0.2) is 12.3 Å². The highest BCUT2D eigenvalue weighted by atomic mass is 28.4.